The number of carbonyl (C=O) groups excluding carboxylic acids is 3. The first-order valence-corrected chi connectivity index (χ1v) is 8.28. The summed E-state index contributed by atoms with van der Waals surface area (Å²) in [6.45, 7) is 5.03. The number of hydrogen-bond acceptors (Lipinski definition) is 6. The lowest BCUT2D eigenvalue weighted by Crippen LogP contribution is -2.16. The summed E-state index contributed by atoms with van der Waals surface area (Å²) >= 11 is 0.952. The average molecular weight is 362 g/mol. The molecule has 0 atom stereocenters. The molecule has 2 rings (SSSR count). The average Bonchev–Trinajstić information content (AvgIpc) is 3.12. The van der Waals surface area contributed by atoms with Crippen LogP contribution in [0.2, 0.25) is 0 Å². The molecule has 2 aromatic heterocycles. The van der Waals surface area contributed by atoms with Crippen LogP contribution in [-0.4, -0.2) is 23.9 Å². The molecule has 0 aliphatic rings. The van der Waals surface area contributed by atoms with Crippen LogP contribution in [0.3, 0.4) is 0 Å². The van der Waals surface area contributed by atoms with E-state index in [0.717, 1.165) is 11.3 Å². The Morgan fingerprint density at radius 3 is 2.64 bits per heavy atom. The van der Waals surface area contributed by atoms with E-state index in [4.69, 9.17) is 14.9 Å². The Morgan fingerprint density at radius 1 is 1.36 bits per heavy atom. The van der Waals surface area contributed by atoms with Crippen LogP contribution < -0.4 is 11.1 Å². The van der Waals surface area contributed by atoms with Crippen molar-refractivity contribution < 1.29 is 23.5 Å². The van der Waals surface area contributed by atoms with Crippen LogP contribution in [0.25, 0.3) is 6.08 Å². The summed E-state index contributed by atoms with van der Waals surface area (Å²) in [7, 11) is 0. The van der Waals surface area contributed by atoms with Gasteiger partial charge in [0.1, 0.15) is 15.6 Å². The van der Waals surface area contributed by atoms with Crippen molar-refractivity contribution in [2.75, 3.05) is 5.32 Å². The highest BCUT2D eigenvalue weighted by molar-refractivity contribution is 7.18. The van der Waals surface area contributed by atoms with Crippen molar-refractivity contribution in [2.24, 2.45) is 5.73 Å². The quantitative estimate of drug-likeness (QED) is 0.606. The largest absolute Gasteiger partial charge is 0.465 e. The first-order valence-electron chi connectivity index (χ1n) is 7.46. The highest BCUT2D eigenvalue weighted by atomic mass is 32.1. The van der Waals surface area contributed by atoms with Gasteiger partial charge in [0.05, 0.1) is 17.9 Å². The molecule has 0 radical (unpaired) electrons. The van der Waals surface area contributed by atoms with E-state index in [9.17, 15) is 14.4 Å². The first-order chi connectivity index (χ1) is 11.8. The normalized spacial score (nSPS) is 11.0. The van der Waals surface area contributed by atoms with Crippen LogP contribution in [0.15, 0.2) is 28.9 Å². The zero-order chi connectivity index (χ0) is 18.6. The van der Waals surface area contributed by atoms with E-state index in [1.807, 2.05) is 0 Å². The number of hydrogen-bond donors (Lipinski definition) is 2. The summed E-state index contributed by atoms with van der Waals surface area (Å²) in [5, 5.41) is 2.77. The number of ether oxygens (including phenoxy) is 1. The van der Waals surface area contributed by atoms with E-state index >= 15 is 0 Å². The minimum absolute atomic E-state index is 0.0976. The second kappa shape index (κ2) is 7.80. The van der Waals surface area contributed by atoms with Gasteiger partial charge in [0, 0.05) is 6.08 Å². The number of anilines is 1. The second-order valence-corrected chi connectivity index (χ2v) is 6.44. The maximum absolute atomic E-state index is 12.1. The molecule has 0 unspecified atom stereocenters. The lowest BCUT2D eigenvalue weighted by Gasteiger charge is -2.06. The number of primary amides is 1. The minimum Gasteiger partial charge on any atom is -0.465 e. The molecule has 0 aromatic carbocycles. The van der Waals surface area contributed by atoms with Crippen molar-refractivity contribution in [2.45, 2.75) is 26.9 Å². The molecule has 0 bridgehead atoms. The SMILES string of the molecule is Cc1c(C(=O)OC(C)C)sc(NC(=O)C=Cc2ccco2)c1C(N)=O. The van der Waals surface area contributed by atoms with Crippen LogP contribution in [0.1, 0.15) is 45.2 Å². The topological polar surface area (TPSA) is 112 Å². The molecular formula is C17H18N2O5S. The van der Waals surface area contributed by atoms with Gasteiger partial charge < -0.3 is 20.2 Å². The Balaban J connectivity index is 2.25. The molecule has 8 heteroatoms. The number of carbonyl (C=O) groups is 3. The fourth-order valence-electron chi connectivity index (χ4n) is 2.06. The third-order valence-corrected chi connectivity index (χ3v) is 4.29. The van der Waals surface area contributed by atoms with Crippen molar-refractivity contribution in [3.63, 3.8) is 0 Å². The molecule has 25 heavy (non-hydrogen) atoms. The van der Waals surface area contributed by atoms with Crippen molar-refractivity contribution in [3.05, 3.63) is 46.2 Å². The van der Waals surface area contributed by atoms with Crippen LogP contribution in [0.4, 0.5) is 5.00 Å². The molecule has 2 heterocycles. The predicted octanol–water partition coefficient (Wildman–Crippen LogP) is 2.97. The minimum atomic E-state index is -0.734. The standard InChI is InChI=1S/C17H18N2O5S/c1-9(2)24-17(22)14-10(3)13(15(18)21)16(25-14)19-12(20)7-6-11-5-4-8-23-11/h4-9H,1-3H3,(H2,18,21)(H,19,20). The van der Waals surface area contributed by atoms with Gasteiger partial charge in [0.25, 0.3) is 5.91 Å². The molecule has 2 aromatic rings. The maximum atomic E-state index is 12.1. The van der Waals surface area contributed by atoms with Gasteiger partial charge >= 0.3 is 5.97 Å². The van der Waals surface area contributed by atoms with Crippen LogP contribution in [0, 0.1) is 6.92 Å². The number of thiophene rings is 1. The maximum Gasteiger partial charge on any atom is 0.348 e. The number of rotatable bonds is 6. The highest BCUT2D eigenvalue weighted by Crippen LogP contribution is 2.33. The second-order valence-electron chi connectivity index (χ2n) is 5.42. The monoisotopic (exact) mass is 362 g/mol. The van der Waals surface area contributed by atoms with Crippen LogP contribution in [-0.2, 0) is 9.53 Å². The van der Waals surface area contributed by atoms with E-state index in [-0.39, 0.29) is 21.5 Å². The van der Waals surface area contributed by atoms with Gasteiger partial charge in [-0.1, -0.05) is 0 Å². The summed E-state index contributed by atoms with van der Waals surface area (Å²) in [6, 6.07) is 3.38. The zero-order valence-electron chi connectivity index (χ0n) is 14.0. The molecule has 0 spiro atoms. The van der Waals surface area contributed by atoms with E-state index < -0.39 is 17.8 Å². The van der Waals surface area contributed by atoms with E-state index in [1.165, 1.54) is 18.4 Å². The molecule has 0 aliphatic heterocycles. The molecule has 0 aliphatic carbocycles. The van der Waals surface area contributed by atoms with Gasteiger partial charge in [0.2, 0.25) is 5.91 Å². The molecule has 132 valence electrons. The van der Waals surface area contributed by atoms with Crippen molar-refractivity contribution >= 4 is 40.2 Å². The predicted molar refractivity (Wildman–Crippen MR) is 94.5 cm³/mol. The number of nitrogens with two attached hydrogens (primary N) is 1. The molecule has 3 N–H and O–H groups in total. The number of esters is 1. The molecule has 7 nitrogen and oxygen atoms in total. The smallest absolute Gasteiger partial charge is 0.348 e. The Kier molecular flexibility index (Phi) is 5.76. The third kappa shape index (κ3) is 4.57. The van der Waals surface area contributed by atoms with E-state index in [1.54, 1.807) is 32.9 Å². The fraction of sp³-hybridized carbons (Fsp3) is 0.235. The van der Waals surface area contributed by atoms with Gasteiger partial charge in [-0.05, 0) is 44.5 Å². The van der Waals surface area contributed by atoms with Gasteiger partial charge in [-0.3, -0.25) is 9.59 Å². The molecular weight excluding hydrogens is 344 g/mol. The number of furan rings is 1. The Hall–Kier alpha value is -2.87. The molecule has 2 amide bonds. The van der Waals surface area contributed by atoms with Crippen molar-refractivity contribution in [1.29, 1.82) is 0 Å². The first kappa shape index (κ1) is 18.5. The van der Waals surface area contributed by atoms with E-state index in [2.05, 4.69) is 5.32 Å². The molecule has 0 saturated carbocycles. The lowest BCUT2D eigenvalue weighted by atomic mass is 10.1. The zero-order valence-corrected chi connectivity index (χ0v) is 14.8. The lowest BCUT2D eigenvalue weighted by molar-refractivity contribution is -0.111. The Morgan fingerprint density at radius 2 is 2.08 bits per heavy atom. The van der Waals surface area contributed by atoms with Crippen molar-refractivity contribution in [3.8, 4) is 0 Å². The van der Waals surface area contributed by atoms with E-state index in [0.29, 0.717) is 11.3 Å². The summed E-state index contributed by atoms with van der Waals surface area (Å²) in [5.74, 6) is -1.27. The molecule has 0 saturated heterocycles. The number of nitrogens with one attached hydrogen (secondary N) is 1. The molecule has 0 fully saturated rings. The van der Waals surface area contributed by atoms with Gasteiger partial charge in [0.15, 0.2) is 0 Å². The van der Waals surface area contributed by atoms with Gasteiger partial charge in [-0.2, -0.15) is 0 Å². The summed E-state index contributed by atoms with van der Waals surface area (Å²) < 4.78 is 10.2. The van der Waals surface area contributed by atoms with Crippen LogP contribution >= 0.6 is 11.3 Å². The third-order valence-electron chi connectivity index (χ3n) is 3.10. The van der Waals surface area contributed by atoms with Crippen LogP contribution in [0.5, 0.6) is 0 Å². The fourth-order valence-corrected chi connectivity index (χ4v) is 3.16. The van der Waals surface area contributed by atoms with Gasteiger partial charge in [-0.25, -0.2) is 4.79 Å². The Labute approximate surface area is 148 Å². The summed E-state index contributed by atoms with van der Waals surface area (Å²) in [5.41, 5.74) is 5.87. The summed E-state index contributed by atoms with van der Waals surface area (Å²) in [6.07, 6.45) is 3.91. The highest BCUT2D eigenvalue weighted by Gasteiger charge is 2.25. The number of amides is 2. The Bertz CT molecular complexity index is 818. The van der Waals surface area contributed by atoms with Crippen molar-refractivity contribution in [1.82, 2.24) is 0 Å². The van der Waals surface area contributed by atoms with Gasteiger partial charge in [-0.15, -0.1) is 11.3 Å². The summed E-state index contributed by atoms with van der Waals surface area (Å²) in [4.78, 5) is 36.1.